The fourth-order valence-electron chi connectivity index (χ4n) is 0.885. The number of hydrogen-bond acceptors (Lipinski definition) is 6. The summed E-state index contributed by atoms with van der Waals surface area (Å²) >= 11 is 0. The highest BCUT2D eigenvalue weighted by molar-refractivity contribution is 4.52. The van der Waals surface area contributed by atoms with Crippen molar-refractivity contribution in [2.45, 2.75) is 37.9 Å². The van der Waals surface area contributed by atoms with Crippen LogP contribution in [0, 0.1) is 0 Å². The Morgan fingerprint density at radius 1 is 0.500 bits per heavy atom. The van der Waals surface area contributed by atoms with Crippen molar-refractivity contribution in [1.29, 1.82) is 0 Å². The predicted octanol–water partition coefficient (Wildman–Crippen LogP) is -1.78. The lowest BCUT2D eigenvalue weighted by Gasteiger charge is -2.03. The van der Waals surface area contributed by atoms with Gasteiger partial charge < -0.3 is 30.6 Å². The van der Waals surface area contributed by atoms with E-state index in [0.29, 0.717) is 25.7 Å². The maximum atomic E-state index is 8.73. The van der Waals surface area contributed by atoms with Gasteiger partial charge in [-0.3, -0.25) is 0 Å². The molecule has 0 spiro atoms. The molecule has 0 radical (unpaired) electrons. The zero-order chi connectivity index (χ0) is 12.8. The molecule has 0 aromatic rings. The molecule has 0 aliphatic heterocycles. The van der Waals surface area contributed by atoms with E-state index >= 15 is 0 Å². The summed E-state index contributed by atoms with van der Waals surface area (Å²) in [6.45, 7) is -0.0509. The molecule has 0 aliphatic carbocycles. The van der Waals surface area contributed by atoms with Gasteiger partial charge in [-0.15, -0.1) is 0 Å². The van der Waals surface area contributed by atoms with Crippen LogP contribution < -0.4 is 0 Å². The minimum atomic E-state index is -0.537. The normalized spacial score (nSPS) is 10.5. The van der Waals surface area contributed by atoms with Crippen LogP contribution in [0.4, 0.5) is 0 Å². The Morgan fingerprint density at radius 3 is 0.812 bits per heavy atom. The Labute approximate surface area is 95.8 Å². The zero-order valence-electron chi connectivity index (χ0n) is 9.49. The molecule has 0 bridgehead atoms. The molecule has 0 unspecified atom stereocenters. The van der Waals surface area contributed by atoms with E-state index in [1.54, 1.807) is 0 Å². The number of aliphatic hydroxyl groups is 6. The molecule has 0 aliphatic rings. The third-order valence-electron chi connectivity index (χ3n) is 1.85. The summed E-state index contributed by atoms with van der Waals surface area (Å²) in [5, 5.41) is 50.3. The van der Waals surface area contributed by atoms with Gasteiger partial charge in [-0.2, -0.15) is 0 Å². The Balaban J connectivity index is 0. The van der Waals surface area contributed by atoms with Crippen molar-refractivity contribution < 1.29 is 30.6 Å². The summed E-state index contributed by atoms with van der Waals surface area (Å²) in [6, 6.07) is 0. The highest BCUT2D eigenvalue weighted by Gasteiger charge is 1.99. The van der Waals surface area contributed by atoms with Gasteiger partial charge in [0.15, 0.2) is 0 Å². The van der Waals surface area contributed by atoms with Crippen LogP contribution in [0.3, 0.4) is 0 Å². The van der Waals surface area contributed by atoms with Crippen LogP contribution in [0.2, 0.25) is 0 Å². The molecule has 6 heteroatoms. The quantitative estimate of drug-likeness (QED) is 0.298. The monoisotopic (exact) mass is 240 g/mol. The molecule has 6 nitrogen and oxygen atoms in total. The Kier molecular flexibility index (Phi) is 16.7. The van der Waals surface area contributed by atoms with Crippen LogP contribution in [0.5, 0.6) is 0 Å². The number of rotatable bonds is 8. The third-order valence-corrected chi connectivity index (χ3v) is 1.85. The van der Waals surface area contributed by atoms with Crippen LogP contribution in [0.1, 0.15) is 25.7 Å². The van der Waals surface area contributed by atoms with Gasteiger partial charge in [0, 0.05) is 26.4 Å². The van der Waals surface area contributed by atoms with Crippen LogP contribution in [-0.2, 0) is 0 Å². The number of hydrogen-bond donors (Lipinski definition) is 6. The van der Waals surface area contributed by atoms with Crippen LogP contribution in [0.25, 0.3) is 0 Å². The molecule has 0 fully saturated rings. The smallest absolute Gasteiger partial charge is 0.0583 e. The zero-order valence-corrected chi connectivity index (χ0v) is 9.49. The van der Waals surface area contributed by atoms with Crippen molar-refractivity contribution in [1.82, 2.24) is 0 Å². The Bertz CT molecular complexity index is 95.9. The lowest BCUT2D eigenvalue weighted by atomic mass is 10.2. The fourth-order valence-corrected chi connectivity index (χ4v) is 0.885. The first kappa shape index (κ1) is 18.1. The molecule has 100 valence electrons. The van der Waals surface area contributed by atoms with E-state index in [0.717, 1.165) is 0 Å². The molecule has 0 atom stereocenters. The fraction of sp³-hybridized carbons (Fsp3) is 1.00. The molecule has 0 saturated carbocycles. The van der Waals surface area contributed by atoms with Crippen molar-refractivity contribution in [3.63, 3.8) is 0 Å². The summed E-state index contributed by atoms with van der Waals surface area (Å²) in [5.74, 6) is 0. The van der Waals surface area contributed by atoms with E-state index in [2.05, 4.69) is 0 Å². The summed E-state index contributed by atoms with van der Waals surface area (Å²) in [6.07, 6.45) is 0.373. The molecule has 0 heterocycles. The van der Waals surface area contributed by atoms with Crippen LogP contribution in [0.15, 0.2) is 0 Å². The molecule has 6 N–H and O–H groups in total. The second-order valence-electron chi connectivity index (χ2n) is 3.36. The van der Waals surface area contributed by atoms with Crippen molar-refractivity contribution in [2.75, 3.05) is 26.4 Å². The van der Waals surface area contributed by atoms with E-state index < -0.39 is 12.2 Å². The first-order valence-corrected chi connectivity index (χ1v) is 5.41. The molecule has 16 heavy (non-hydrogen) atoms. The van der Waals surface area contributed by atoms with Crippen LogP contribution in [-0.4, -0.2) is 69.3 Å². The van der Waals surface area contributed by atoms with Crippen molar-refractivity contribution in [3.8, 4) is 0 Å². The van der Waals surface area contributed by atoms with Gasteiger partial charge >= 0.3 is 0 Å². The van der Waals surface area contributed by atoms with Crippen LogP contribution >= 0.6 is 0 Å². The molecule has 0 rings (SSSR count). The minimum Gasteiger partial charge on any atom is -0.396 e. The summed E-state index contributed by atoms with van der Waals surface area (Å²) in [4.78, 5) is 0. The highest BCUT2D eigenvalue weighted by Crippen LogP contribution is 1.94. The Morgan fingerprint density at radius 2 is 0.688 bits per heavy atom. The van der Waals surface area contributed by atoms with E-state index in [-0.39, 0.29) is 26.4 Å². The summed E-state index contributed by atoms with van der Waals surface area (Å²) in [7, 11) is 0. The lowest BCUT2D eigenvalue weighted by molar-refractivity contribution is 0.103. The SMILES string of the molecule is OCCC(O)CCO.OCCC(O)CCO. The van der Waals surface area contributed by atoms with Gasteiger partial charge in [0.25, 0.3) is 0 Å². The van der Waals surface area contributed by atoms with E-state index in [4.69, 9.17) is 30.6 Å². The van der Waals surface area contributed by atoms with Crippen molar-refractivity contribution in [3.05, 3.63) is 0 Å². The predicted molar refractivity (Wildman–Crippen MR) is 58.8 cm³/mol. The largest absolute Gasteiger partial charge is 0.396 e. The minimum absolute atomic E-state index is 0.0127. The third kappa shape index (κ3) is 16.2. The van der Waals surface area contributed by atoms with Gasteiger partial charge in [-0.1, -0.05) is 0 Å². The average molecular weight is 240 g/mol. The van der Waals surface area contributed by atoms with Gasteiger partial charge in [-0.05, 0) is 25.7 Å². The van der Waals surface area contributed by atoms with Crippen molar-refractivity contribution in [2.24, 2.45) is 0 Å². The maximum absolute atomic E-state index is 8.73. The summed E-state index contributed by atoms with van der Waals surface area (Å²) < 4.78 is 0. The van der Waals surface area contributed by atoms with Gasteiger partial charge in [0.1, 0.15) is 0 Å². The van der Waals surface area contributed by atoms with E-state index in [1.807, 2.05) is 0 Å². The lowest BCUT2D eigenvalue weighted by Crippen LogP contribution is -2.10. The highest BCUT2D eigenvalue weighted by atomic mass is 16.3. The number of aliphatic hydroxyl groups excluding tert-OH is 6. The van der Waals surface area contributed by atoms with Gasteiger partial charge in [-0.25, -0.2) is 0 Å². The first-order valence-electron chi connectivity index (χ1n) is 5.41. The molecular formula is C10H24O6. The van der Waals surface area contributed by atoms with Crippen molar-refractivity contribution >= 4 is 0 Å². The maximum Gasteiger partial charge on any atom is 0.0583 e. The van der Waals surface area contributed by atoms with E-state index in [1.165, 1.54) is 0 Å². The van der Waals surface area contributed by atoms with Gasteiger partial charge in [0.2, 0.25) is 0 Å². The molecule has 0 saturated heterocycles. The topological polar surface area (TPSA) is 121 Å². The second-order valence-corrected chi connectivity index (χ2v) is 3.36. The first-order chi connectivity index (χ1) is 7.62. The second kappa shape index (κ2) is 14.8. The molecular weight excluding hydrogens is 216 g/mol. The molecule has 0 amide bonds. The Hall–Kier alpha value is -0.240. The molecule has 0 aromatic carbocycles. The summed E-state index contributed by atoms with van der Waals surface area (Å²) in [5.41, 5.74) is 0. The standard InChI is InChI=1S/2C5H12O3/c2*6-3-1-5(8)2-4-7/h2*5-8H,1-4H2. The van der Waals surface area contributed by atoms with Gasteiger partial charge in [0.05, 0.1) is 12.2 Å². The molecule has 0 aromatic heterocycles. The van der Waals surface area contributed by atoms with E-state index in [9.17, 15) is 0 Å². The average Bonchev–Trinajstić information content (AvgIpc) is 2.20.